The van der Waals surface area contributed by atoms with E-state index in [-0.39, 0.29) is 10.2 Å². The van der Waals surface area contributed by atoms with E-state index in [4.69, 9.17) is 17.3 Å². The highest BCUT2D eigenvalue weighted by Gasteiger charge is 2.33. The van der Waals surface area contributed by atoms with Crippen molar-refractivity contribution < 1.29 is 14.7 Å². The molecule has 2 heterocycles. The third-order valence-electron chi connectivity index (χ3n) is 3.99. The molecule has 3 aromatic rings. The number of carbonyl (C=O) groups excluding carboxylic acids is 1. The lowest BCUT2D eigenvalue weighted by Gasteiger charge is -2.10. The Labute approximate surface area is 152 Å². The summed E-state index contributed by atoms with van der Waals surface area (Å²) in [4.78, 5) is 28.1. The molecule has 25 heavy (non-hydrogen) atoms. The molecule has 0 bridgehead atoms. The number of thiocarbonyl (C=S) groups is 1. The second-order valence-corrected chi connectivity index (χ2v) is 7.31. The van der Waals surface area contributed by atoms with Gasteiger partial charge in [0.15, 0.2) is 0 Å². The van der Waals surface area contributed by atoms with Gasteiger partial charge in [0.05, 0.1) is 4.91 Å². The summed E-state index contributed by atoms with van der Waals surface area (Å²) in [7, 11) is 0. The van der Waals surface area contributed by atoms with Crippen LogP contribution in [0.25, 0.3) is 27.9 Å². The molecule has 0 atom stereocenters. The van der Waals surface area contributed by atoms with Gasteiger partial charge < -0.3 is 10.1 Å². The van der Waals surface area contributed by atoms with Crippen LogP contribution in [0.5, 0.6) is 0 Å². The summed E-state index contributed by atoms with van der Waals surface area (Å²) < 4.78 is 0.270. The lowest BCUT2D eigenvalue weighted by atomic mass is 10.1. The minimum atomic E-state index is -1.09. The van der Waals surface area contributed by atoms with Gasteiger partial charge in [0.2, 0.25) is 0 Å². The molecular formula is C18H12N2O3S2. The number of amides is 1. The highest BCUT2D eigenvalue weighted by Crippen LogP contribution is 2.33. The van der Waals surface area contributed by atoms with Gasteiger partial charge in [-0.25, -0.2) is 0 Å². The molecular weight excluding hydrogens is 356 g/mol. The normalized spacial score (nSPS) is 16.5. The Kier molecular flexibility index (Phi) is 3.82. The van der Waals surface area contributed by atoms with Crippen LogP contribution in [-0.2, 0) is 9.59 Å². The number of rotatable bonds is 3. The van der Waals surface area contributed by atoms with Crippen molar-refractivity contribution in [1.29, 1.82) is 0 Å². The molecule has 4 rings (SSSR count). The number of thioether (sulfide) groups is 1. The Morgan fingerprint density at radius 1 is 1.20 bits per heavy atom. The van der Waals surface area contributed by atoms with Crippen molar-refractivity contribution in [3.8, 4) is 0 Å². The van der Waals surface area contributed by atoms with Crippen LogP contribution in [0.15, 0.2) is 47.4 Å². The van der Waals surface area contributed by atoms with Crippen molar-refractivity contribution in [3.63, 3.8) is 0 Å². The molecule has 1 aliphatic rings. The summed E-state index contributed by atoms with van der Waals surface area (Å²) in [5, 5.41) is 11.1. The van der Waals surface area contributed by atoms with E-state index >= 15 is 0 Å². The largest absolute Gasteiger partial charge is 0.480 e. The number of H-pyrrole nitrogens is 1. The summed E-state index contributed by atoms with van der Waals surface area (Å²) >= 11 is 6.24. The molecule has 1 aromatic heterocycles. The number of aliphatic carboxylic acids is 1. The molecule has 5 nitrogen and oxygen atoms in total. The second-order valence-electron chi connectivity index (χ2n) is 5.64. The maximum absolute atomic E-state index is 12.4. The molecule has 0 saturated carbocycles. The molecule has 1 fully saturated rings. The maximum atomic E-state index is 12.4. The van der Waals surface area contributed by atoms with Gasteiger partial charge in [0, 0.05) is 21.8 Å². The number of carboxylic acid groups (broad SMARTS) is 1. The fraction of sp³-hybridized carbons (Fsp3) is 0.0556. The Hall–Kier alpha value is -2.64. The van der Waals surface area contributed by atoms with Crippen molar-refractivity contribution in [2.75, 3.05) is 6.54 Å². The molecule has 0 aliphatic carbocycles. The Balaban J connectivity index is 1.74. The molecule has 124 valence electrons. The van der Waals surface area contributed by atoms with Crippen LogP contribution in [0.4, 0.5) is 0 Å². The average Bonchev–Trinajstić information content (AvgIpc) is 3.07. The van der Waals surface area contributed by atoms with Gasteiger partial charge in [0.25, 0.3) is 5.91 Å². The van der Waals surface area contributed by atoms with E-state index in [9.17, 15) is 9.59 Å². The number of carboxylic acids is 1. The van der Waals surface area contributed by atoms with Gasteiger partial charge in [-0.15, -0.1) is 0 Å². The van der Waals surface area contributed by atoms with E-state index in [2.05, 4.69) is 4.98 Å². The monoisotopic (exact) mass is 368 g/mol. The van der Waals surface area contributed by atoms with Crippen molar-refractivity contribution in [2.45, 2.75) is 0 Å². The molecule has 2 aromatic carbocycles. The van der Waals surface area contributed by atoms with Crippen molar-refractivity contribution in [2.24, 2.45) is 0 Å². The zero-order valence-electron chi connectivity index (χ0n) is 12.9. The first-order chi connectivity index (χ1) is 12.0. The van der Waals surface area contributed by atoms with E-state index in [1.54, 1.807) is 6.08 Å². The van der Waals surface area contributed by atoms with Crippen LogP contribution in [0.3, 0.4) is 0 Å². The molecule has 1 amide bonds. The van der Waals surface area contributed by atoms with Crippen molar-refractivity contribution in [3.05, 3.63) is 52.9 Å². The number of fused-ring (bicyclic) bond motifs is 3. The Morgan fingerprint density at radius 2 is 1.96 bits per heavy atom. The predicted octanol–water partition coefficient (Wildman–Crippen LogP) is 3.61. The topological polar surface area (TPSA) is 73.4 Å². The zero-order valence-corrected chi connectivity index (χ0v) is 14.5. The van der Waals surface area contributed by atoms with Crippen LogP contribution in [-0.4, -0.2) is 37.7 Å². The molecule has 0 spiro atoms. The van der Waals surface area contributed by atoms with Crippen LogP contribution >= 0.6 is 24.0 Å². The fourth-order valence-corrected chi connectivity index (χ4v) is 4.13. The highest BCUT2D eigenvalue weighted by molar-refractivity contribution is 8.26. The molecule has 0 radical (unpaired) electrons. The van der Waals surface area contributed by atoms with E-state index in [0.29, 0.717) is 4.91 Å². The fourth-order valence-electron chi connectivity index (χ4n) is 2.88. The summed E-state index contributed by atoms with van der Waals surface area (Å²) in [6.45, 7) is -0.413. The number of aromatic nitrogens is 1. The van der Waals surface area contributed by atoms with Crippen LogP contribution < -0.4 is 0 Å². The third-order valence-corrected chi connectivity index (χ3v) is 5.37. The molecule has 2 N–H and O–H groups in total. The van der Waals surface area contributed by atoms with E-state index in [1.807, 2.05) is 42.5 Å². The predicted molar refractivity (Wildman–Crippen MR) is 103 cm³/mol. The second kappa shape index (κ2) is 6.02. The Morgan fingerprint density at radius 3 is 2.76 bits per heavy atom. The first kappa shape index (κ1) is 15.9. The van der Waals surface area contributed by atoms with E-state index < -0.39 is 12.5 Å². The summed E-state index contributed by atoms with van der Waals surface area (Å²) in [5.41, 5.74) is 2.95. The minimum absolute atomic E-state index is 0.270. The van der Waals surface area contributed by atoms with E-state index in [0.717, 1.165) is 44.0 Å². The number of hydrogen-bond donors (Lipinski definition) is 2. The highest BCUT2D eigenvalue weighted by atomic mass is 32.2. The number of hydrogen-bond acceptors (Lipinski definition) is 4. The Bertz CT molecular complexity index is 1080. The number of nitrogens with one attached hydrogen (secondary N) is 1. The summed E-state index contributed by atoms with van der Waals surface area (Å²) in [6.07, 6.45) is 1.75. The number of carbonyl (C=O) groups is 2. The van der Waals surface area contributed by atoms with E-state index in [1.165, 1.54) is 0 Å². The first-order valence-electron chi connectivity index (χ1n) is 7.50. The van der Waals surface area contributed by atoms with Crippen LogP contribution in [0.2, 0.25) is 0 Å². The van der Waals surface area contributed by atoms with Gasteiger partial charge in [-0.2, -0.15) is 0 Å². The SMILES string of the molecule is O=C(O)CN1C(=O)/C(=C/c2ccc3[nH]c4ccccc4c3c2)SC1=S. The molecule has 1 aliphatic heterocycles. The number of aromatic amines is 1. The average molecular weight is 368 g/mol. The van der Waals surface area contributed by atoms with Crippen LogP contribution in [0, 0.1) is 0 Å². The molecule has 0 unspecified atom stereocenters. The molecule has 7 heteroatoms. The number of para-hydroxylation sites is 1. The number of benzene rings is 2. The standard InChI is InChI=1S/C18H12N2O3S2/c21-16(22)9-20-17(23)15(25-18(20)24)8-10-5-6-14-12(7-10)11-3-1-2-4-13(11)19-14/h1-8,19H,9H2,(H,21,22)/b15-8-. The maximum Gasteiger partial charge on any atom is 0.323 e. The van der Waals surface area contributed by atoms with Gasteiger partial charge in [-0.05, 0) is 29.8 Å². The van der Waals surface area contributed by atoms with Gasteiger partial charge in [-0.1, -0.05) is 48.2 Å². The molecule has 1 saturated heterocycles. The lowest BCUT2D eigenvalue weighted by Crippen LogP contribution is -2.33. The van der Waals surface area contributed by atoms with Gasteiger partial charge in [0.1, 0.15) is 10.9 Å². The van der Waals surface area contributed by atoms with Crippen LogP contribution in [0.1, 0.15) is 5.56 Å². The van der Waals surface area contributed by atoms with Crippen molar-refractivity contribution in [1.82, 2.24) is 9.88 Å². The minimum Gasteiger partial charge on any atom is -0.480 e. The third kappa shape index (κ3) is 2.81. The van der Waals surface area contributed by atoms with Gasteiger partial charge >= 0.3 is 5.97 Å². The zero-order chi connectivity index (χ0) is 17.6. The summed E-state index contributed by atoms with van der Waals surface area (Å²) in [5.74, 6) is -1.45. The van der Waals surface area contributed by atoms with Crippen molar-refractivity contribution >= 4 is 68.1 Å². The summed E-state index contributed by atoms with van der Waals surface area (Å²) in [6, 6.07) is 13.9. The number of nitrogens with zero attached hydrogens (tertiary/aromatic N) is 1. The van der Waals surface area contributed by atoms with Gasteiger partial charge in [-0.3, -0.25) is 14.5 Å². The smallest absolute Gasteiger partial charge is 0.323 e. The lowest BCUT2D eigenvalue weighted by molar-refractivity contribution is -0.140. The first-order valence-corrected chi connectivity index (χ1v) is 8.73. The quantitative estimate of drug-likeness (QED) is 0.546.